The summed E-state index contributed by atoms with van der Waals surface area (Å²) in [7, 11) is 0. The fraction of sp³-hybridized carbons (Fsp3) is 0.435. The van der Waals surface area contributed by atoms with Crippen LogP contribution in [0.1, 0.15) is 24.5 Å². The molecule has 1 atom stereocenters. The largest absolute Gasteiger partial charge is 0.460 e. The first kappa shape index (κ1) is 31.2. The summed E-state index contributed by atoms with van der Waals surface area (Å²) in [6, 6.07) is 6.09. The molecular weight excluding hydrogens is 555 g/mol. The number of halogens is 13. The summed E-state index contributed by atoms with van der Waals surface area (Å²) in [6.45, 7) is 4.47. The van der Waals surface area contributed by atoms with Crippen LogP contribution >= 0.6 is 0 Å². The van der Waals surface area contributed by atoms with Gasteiger partial charge in [0.15, 0.2) is 0 Å². The maximum absolute atomic E-state index is 15.1. The Labute approximate surface area is 206 Å². The van der Waals surface area contributed by atoms with E-state index < -0.39 is 53.8 Å². The Morgan fingerprint density at radius 2 is 1.42 bits per heavy atom. The van der Waals surface area contributed by atoms with Gasteiger partial charge in [-0.15, -0.1) is 0 Å². The first-order valence-corrected chi connectivity index (χ1v) is 10.4. The third-order valence-corrected chi connectivity index (χ3v) is 5.78. The number of carbonyl (C=O) groups excluding carboxylic acids is 1. The van der Waals surface area contributed by atoms with Crippen molar-refractivity contribution in [2.45, 2.75) is 61.2 Å². The highest BCUT2D eigenvalue weighted by Crippen LogP contribution is 2.63. The van der Waals surface area contributed by atoms with Gasteiger partial charge >= 0.3 is 41.8 Å². The van der Waals surface area contributed by atoms with E-state index in [-0.39, 0.29) is 17.7 Å². The lowest BCUT2D eigenvalue weighted by Gasteiger charge is -2.45. The lowest BCUT2D eigenvalue weighted by atomic mass is 9.78. The number of rotatable bonds is 9. The van der Waals surface area contributed by atoms with Gasteiger partial charge in [0.1, 0.15) is 0 Å². The van der Waals surface area contributed by atoms with Crippen LogP contribution in [-0.4, -0.2) is 47.4 Å². The normalized spacial score (nSPS) is 19.7. The van der Waals surface area contributed by atoms with Crippen molar-refractivity contribution in [2.75, 3.05) is 0 Å². The maximum Gasteiger partial charge on any atom is 0.460 e. The Morgan fingerprint density at radius 1 is 0.895 bits per heavy atom. The van der Waals surface area contributed by atoms with Gasteiger partial charge in [0, 0.05) is 12.5 Å². The van der Waals surface area contributed by atoms with E-state index in [1.54, 1.807) is 19.1 Å². The van der Waals surface area contributed by atoms with Gasteiger partial charge in [0.25, 0.3) is 0 Å². The van der Waals surface area contributed by atoms with E-state index in [1.807, 2.05) is 0 Å². The summed E-state index contributed by atoms with van der Waals surface area (Å²) >= 11 is 0. The monoisotopic (exact) mass is 572 g/mol. The highest BCUT2D eigenvalue weighted by molar-refractivity contribution is 5.83. The molecule has 1 aliphatic carbocycles. The quantitative estimate of drug-likeness (QED) is 0.172. The van der Waals surface area contributed by atoms with Crippen molar-refractivity contribution in [3.63, 3.8) is 0 Å². The Balaban J connectivity index is 2.69. The van der Waals surface area contributed by atoms with Gasteiger partial charge in [0.05, 0.1) is 0 Å². The first-order valence-electron chi connectivity index (χ1n) is 10.4. The molecule has 0 spiro atoms. The first-order chi connectivity index (χ1) is 17.1. The highest BCUT2D eigenvalue weighted by atomic mass is 19.4. The molecule has 1 aromatic carbocycles. The molecule has 0 fully saturated rings. The standard InChI is InChI=1S/C23H17F13O2/c1-3-13-7-5-6-8-15(13)14-9-11-17(12-10-14,38-16(37)4-2)18(24,25)19(26,27)20(28,29)21(30,31)22(32,33)23(34,35)36/h4-11H,2-3,12H2,1H3. The van der Waals surface area contributed by atoms with Crippen LogP contribution in [0, 0.1) is 0 Å². The molecule has 0 bridgehead atoms. The van der Waals surface area contributed by atoms with Crippen molar-refractivity contribution >= 4 is 11.5 Å². The van der Waals surface area contributed by atoms with Crippen molar-refractivity contribution in [3.8, 4) is 0 Å². The second-order valence-corrected chi connectivity index (χ2v) is 8.09. The minimum absolute atomic E-state index is 0.00698. The number of benzene rings is 1. The molecule has 2 nitrogen and oxygen atoms in total. The number of alkyl halides is 13. The SMILES string of the molecule is C=CC(=O)OC1(C(F)(F)C(F)(F)C(F)(F)C(F)(F)C(F)(F)C(F)(F)F)C=CC(c2ccccc2CC)=CC1. The summed E-state index contributed by atoms with van der Waals surface area (Å²) in [6.07, 6.45) is -7.43. The Kier molecular flexibility index (Phi) is 7.91. The number of esters is 1. The average Bonchev–Trinajstić information content (AvgIpc) is 2.83. The second kappa shape index (κ2) is 9.63. The van der Waals surface area contributed by atoms with E-state index in [4.69, 9.17) is 0 Å². The molecule has 0 saturated carbocycles. The molecule has 0 amide bonds. The lowest BCUT2D eigenvalue weighted by Crippen LogP contribution is -2.73. The topological polar surface area (TPSA) is 26.3 Å². The van der Waals surface area contributed by atoms with Gasteiger partial charge in [-0.2, -0.15) is 57.1 Å². The molecule has 1 aromatic rings. The second-order valence-electron chi connectivity index (χ2n) is 8.09. The van der Waals surface area contributed by atoms with Crippen LogP contribution in [0.2, 0.25) is 0 Å². The predicted octanol–water partition coefficient (Wildman–Crippen LogP) is 7.80. The molecule has 1 aliphatic rings. The summed E-state index contributed by atoms with van der Waals surface area (Å²) in [5.41, 5.74) is -3.32. The number of aryl methyl sites for hydroxylation is 1. The Hall–Kier alpha value is -3.00. The molecule has 1 unspecified atom stereocenters. The van der Waals surface area contributed by atoms with E-state index in [2.05, 4.69) is 11.3 Å². The van der Waals surface area contributed by atoms with Crippen LogP contribution in [-0.2, 0) is 16.0 Å². The third-order valence-electron chi connectivity index (χ3n) is 5.78. The van der Waals surface area contributed by atoms with Crippen LogP contribution in [0.25, 0.3) is 5.57 Å². The average molecular weight is 572 g/mol. The molecule has 0 aromatic heterocycles. The van der Waals surface area contributed by atoms with Crippen molar-refractivity contribution in [1.82, 2.24) is 0 Å². The molecule has 0 saturated heterocycles. The van der Waals surface area contributed by atoms with Crippen molar-refractivity contribution in [1.29, 1.82) is 0 Å². The molecule has 2 rings (SSSR count). The van der Waals surface area contributed by atoms with Crippen molar-refractivity contribution in [3.05, 3.63) is 66.3 Å². The Morgan fingerprint density at radius 3 is 1.87 bits per heavy atom. The van der Waals surface area contributed by atoms with E-state index in [9.17, 15) is 53.1 Å². The fourth-order valence-corrected chi connectivity index (χ4v) is 3.56. The van der Waals surface area contributed by atoms with Crippen LogP contribution in [0.15, 0.2) is 55.1 Å². The predicted molar refractivity (Wildman–Crippen MR) is 107 cm³/mol. The lowest BCUT2D eigenvalue weighted by molar-refractivity contribution is -0.447. The Bertz CT molecular complexity index is 1130. The molecular formula is C23H17F13O2. The molecule has 15 heteroatoms. The summed E-state index contributed by atoms with van der Waals surface area (Å²) in [4.78, 5) is 11.7. The molecule has 0 radical (unpaired) electrons. The van der Waals surface area contributed by atoms with Crippen molar-refractivity contribution < 1.29 is 66.6 Å². The number of allylic oxidation sites excluding steroid dienone is 2. The molecule has 0 aliphatic heterocycles. The number of ether oxygens (including phenoxy) is 1. The van der Waals surface area contributed by atoms with E-state index >= 15 is 8.78 Å². The third kappa shape index (κ3) is 4.46. The van der Waals surface area contributed by atoms with Gasteiger partial charge in [0.2, 0.25) is 5.60 Å². The van der Waals surface area contributed by atoms with Gasteiger partial charge in [-0.3, -0.25) is 0 Å². The van der Waals surface area contributed by atoms with Crippen LogP contribution in [0.3, 0.4) is 0 Å². The maximum atomic E-state index is 15.1. The fourth-order valence-electron chi connectivity index (χ4n) is 3.56. The van der Waals surface area contributed by atoms with E-state index in [0.29, 0.717) is 29.7 Å². The zero-order valence-corrected chi connectivity index (χ0v) is 19.0. The van der Waals surface area contributed by atoms with Gasteiger partial charge in [-0.25, -0.2) is 4.79 Å². The molecule has 38 heavy (non-hydrogen) atoms. The summed E-state index contributed by atoms with van der Waals surface area (Å²) < 4.78 is 183. The summed E-state index contributed by atoms with van der Waals surface area (Å²) in [5.74, 6) is -40.2. The van der Waals surface area contributed by atoms with Gasteiger partial charge < -0.3 is 4.74 Å². The minimum atomic E-state index is -8.08. The van der Waals surface area contributed by atoms with Crippen LogP contribution in [0.5, 0.6) is 0 Å². The minimum Gasteiger partial charge on any atom is -0.445 e. The highest BCUT2D eigenvalue weighted by Gasteiger charge is 2.92. The van der Waals surface area contributed by atoms with Crippen LogP contribution in [0.4, 0.5) is 57.1 Å². The van der Waals surface area contributed by atoms with Crippen LogP contribution < -0.4 is 0 Å². The van der Waals surface area contributed by atoms with E-state index in [0.717, 1.165) is 0 Å². The van der Waals surface area contributed by atoms with Gasteiger partial charge in [-0.05, 0) is 29.2 Å². The molecule has 212 valence electrons. The zero-order chi connectivity index (χ0) is 29.6. The molecule has 0 heterocycles. The van der Waals surface area contributed by atoms with Crippen molar-refractivity contribution in [2.24, 2.45) is 0 Å². The smallest absolute Gasteiger partial charge is 0.445 e. The van der Waals surface area contributed by atoms with E-state index in [1.165, 1.54) is 12.1 Å². The zero-order valence-electron chi connectivity index (χ0n) is 19.0. The number of hydrogen-bond donors (Lipinski definition) is 0. The number of carbonyl (C=O) groups is 1. The summed E-state index contributed by atoms with van der Waals surface area (Å²) in [5, 5.41) is 0. The van der Waals surface area contributed by atoms with Gasteiger partial charge in [-0.1, -0.05) is 49.9 Å². The molecule has 0 N–H and O–H groups in total. The number of hydrogen-bond acceptors (Lipinski definition) is 2.